The molecule has 0 rings (SSSR count). The lowest BCUT2D eigenvalue weighted by molar-refractivity contribution is -0.142. The first-order valence-corrected chi connectivity index (χ1v) is 4.92. The van der Waals surface area contributed by atoms with Crippen LogP contribution in [0.5, 0.6) is 0 Å². The number of carboxylic acid groups (broad SMARTS) is 1. The van der Waals surface area contributed by atoms with Crippen molar-refractivity contribution in [3.8, 4) is 0 Å². The third-order valence-electron chi connectivity index (χ3n) is 1.78. The van der Waals surface area contributed by atoms with E-state index in [-0.39, 0.29) is 0 Å². The van der Waals surface area contributed by atoms with Gasteiger partial charge in [0.25, 0.3) is 0 Å². The fourth-order valence-electron chi connectivity index (χ4n) is 0.950. The zero-order valence-electron chi connectivity index (χ0n) is 10.2. The molecule has 1 amide bonds. The van der Waals surface area contributed by atoms with Crippen molar-refractivity contribution >= 4 is 12.1 Å². The van der Waals surface area contributed by atoms with Gasteiger partial charge in [0.1, 0.15) is 5.60 Å². The molecule has 0 radical (unpaired) electrons. The Hall–Kier alpha value is -1.30. The second-order valence-corrected chi connectivity index (χ2v) is 4.40. The second kappa shape index (κ2) is 5.69. The molecule has 6 heteroatoms. The molecule has 2 atom stereocenters. The highest BCUT2D eigenvalue weighted by Crippen LogP contribution is 2.07. The monoisotopic (exact) mass is 233 g/mol. The van der Waals surface area contributed by atoms with Gasteiger partial charge < -0.3 is 19.9 Å². The maximum Gasteiger partial charge on any atom is 0.408 e. The lowest BCUT2D eigenvalue weighted by Crippen LogP contribution is -2.49. The van der Waals surface area contributed by atoms with Gasteiger partial charge in [-0.3, -0.25) is 0 Å². The molecule has 0 aromatic heterocycles. The molecule has 16 heavy (non-hydrogen) atoms. The quantitative estimate of drug-likeness (QED) is 0.756. The summed E-state index contributed by atoms with van der Waals surface area (Å²) in [5.74, 6) is -1.17. The van der Waals surface area contributed by atoms with Crippen LogP contribution >= 0.6 is 0 Å². The van der Waals surface area contributed by atoms with E-state index in [0.717, 1.165) is 0 Å². The van der Waals surface area contributed by atoms with Gasteiger partial charge in [0.15, 0.2) is 6.04 Å². The summed E-state index contributed by atoms with van der Waals surface area (Å²) < 4.78 is 9.80. The largest absolute Gasteiger partial charge is 0.480 e. The van der Waals surface area contributed by atoms with Crippen LogP contribution in [0.2, 0.25) is 0 Å². The van der Waals surface area contributed by atoms with Gasteiger partial charge in [0.05, 0.1) is 6.10 Å². The minimum Gasteiger partial charge on any atom is -0.480 e. The number of hydrogen-bond donors (Lipinski definition) is 2. The van der Waals surface area contributed by atoms with Crippen LogP contribution in [0.1, 0.15) is 27.7 Å². The number of methoxy groups -OCH3 is 1. The zero-order valence-corrected chi connectivity index (χ0v) is 10.2. The normalized spacial score (nSPS) is 15.1. The lowest BCUT2D eigenvalue weighted by atomic mass is 10.2. The standard InChI is InChI=1S/C10H19NO5/c1-6(15-5)7(8(12)13)11-9(14)16-10(2,3)4/h6-7H,1-5H3,(H,11,14)(H,12,13)/t6-,7?/m1/s1. The third kappa shape index (κ3) is 5.55. The first kappa shape index (κ1) is 14.7. The molecular weight excluding hydrogens is 214 g/mol. The minimum absolute atomic E-state index is 0.634. The smallest absolute Gasteiger partial charge is 0.408 e. The molecule has 0 spiro atoms. The molecule has 1 unspecified atom stereocenters. The summed E-state index contributed by atoms with van der Waals surface area (Å²) in [4.78, 5) is 22.2. The van der Waals surface area contributed by atoms with E-state index in [1.54, 1.807) is 27.7 Å². The molecule has 0 aliphatic heterocycles. The van der Waals surface area contributed by atoms with Gasteiger partial charge in [-0.15, -0.1) is 0 Å². The third-order valence-corrected chi connectivity index (χ3v) is 1.78. The average Bonchev–Trinajstić information content (AvgIpc) is 2.09. The zero-order chi connectivity index (χ0) is 12.9. The summed E-state index contributed by atoms with van der Waals surface area (Å²) in [6.45, 7) is 6.64. The van der Waals surface area contributed by atoms with Crippen molar-refractivity contribution < 1.29 is 24.2 Å². The van der Waals surface area contributed by atoms with Crippen molar-refractivity contribution in [2.75, 3.05) is 7.11 Å². The Morgan fingerprint density at radius 2 is 1.81 bits per heavy atom. The van der Waals surface area contributed by atoms with Crippen LogP contribution in [0, 0.1) is 0 Å². The number of nitrogens with one attached hydrogen (secondary N) is 1. The van der Waals surface area contributed by atoms with Crippen LogP contribution in [0.4, 0.5) is 4.79 Å². The first-order chi connectivity index (χ1) is 7.17. The Morgan fingerprint density at radius 1 is 1.31 bits per heavy atom. The van der Waals surface area contributed by atoms with Crippen molar-refractivity contribution in [2.24, 2.45) is 0 Å². The molecule has 0 saturated heterocycles. The summed E-state index contributed by atoms with van der Waals surface area (Å²) in [7, 11) is 1.37. The van der Waals surface area contributed by atoms with Crippen LogP contribution < -0.4 is 5.32 Å². The molecule has 0 aromatic carbocycles. The lowest BCUT2D eigenvalue weighted by Gasteiger charge is -2.24. The summed E-state index contributed by atoms with van der Waals surface area (Å²) in [5.41, 5.74) is -0.663. The van der Waals surface area contributed by atoms with E-state index < -0.39 is 29.8 Å². The highest BCUT2D eigenvalue weighted by molar-refractivity contribution is 5.80. The van der Waals surface area contributed by atoms with Crippen molar-refractivity contribution in [1.29, 1.82) is 0 Å². The van der Waals surface area contributed by atoms with Crippen molar-refractivity contribution in [3.05, 3.63) is 0 Å². The van der Waals surface area contributed by atoms with E-state index in [0.29, 0.717) is 0 Å². The van der Waals surface area contributed by atoms with Gasteiger partial charge in [0, 0.05) is 7.11 Å². The number of carbonyl (C=O) groups is 2. The Labute approximate surface area is 94.9 Å². The molecule has 0 heterocycles. The van der Waals surface area contributed by atoms with Crippen molar-refractivity contribution in [2.45, 2.75) is 45.4 Å². The molecule has 0 aliphatic rings. The molecule has 0 saturated carbocycles. The molecular formula is C10H19NO5. The maximum atomic E-state index is 11.3. The molecule has 0 aromatic rings. The summed E-state index contributed by atoms with van der Waals surface area (Å²) in [6, 6.07) is -1.13. The van der Waals surface area contributed by atoms with Crippen LogP contribution in [0.3, 0.4) is 0 Å². The SMILES string of the molecule is CO[C@H](C)C(NC(=O)OC(C)(C)C)C(=O)O. The topological polar surface area (TPSA) is 84.9 Å². The number of carboxylic acids is 1. The van der Waals surface area contributed by atoms with E-state index in [2.05, 4.69) is 5.32 Å². The minimum atomic E-state index is -1.17. The molecule has 0 aliphatic carbocycles. The summed E-state index contributed by atoms with van der Waals surface area (Å²) in [5, 5.41) is 11.1. The van der Waals surface area contributed by atoms with Crippen molar-refractivity contribution in [3.63, 3.8) is 0 Å². The Balaban J connectivity index is 4.42. The molecule has 0 fully saturated rings. The molecule has 2 N–H and O–H groups in total. The Bertz CT molecular complexity index is 258. The number of ether oxygens (including phenoxy) is 2. The fourth-order valence-corrected chi connectivity index (χ4v) is 0.950. The summed E-state index contributed by atoms with van der Waals surface area (Å²) in [6.07, 6.45) is -1.41. The Kier molecular flexibility index (Phi) is 5.23. The summed E-state index contributed by atoms with van der Waals surface area (Å²) >= 11 is 0. The highest BCUT2D eigenvalue weighted by atomic mass is 16.6. The van der Waals surface area contributed by atoms with Gasteiger partial charge >= 0.3 is 12.1 Å². The van der Waals surface area contributed by atoms with Gasteiger partial charge in [0.2, 0.25) is 0 Å². The van der Waals surface area contributed by atoms with Crippen LogP contribution in [0.25, 0.3) is 0 Å². The fraction of sp³-hybridized carbons (Fsp3) is 0.800. The number of hydrogen-bond acceptors (Lipinski definition) is 4. The number of carbonyl (C=O) groups excluding carboxylic acids is 1. The van der Waals surface area contributed by atoms with Crippen LogP contribution in [-0.4, -0.2) is 42.0 Å². The molecule has 0 bridgehead atoms. The van der Waals surface area contributed by atoms with E-state index >= 15 is 0 Å². The van der Waals surface area contributed by atoms with E-state index in [4.69, 9.17) is 14.6 Å². The second-order valence-electron chi connectivity index (χ2n) is 4.40. The van der Waals surface area contributed by atoms with E-state index in [9.17, 15) is 9.59 Å². The number of aliphatic carboxylic acids is 1. The van der Waals surface area contributed by atoms with Gasteiger partial charge in [-0.05, 0) is 27.7 Å². The predicted octanol–water partition coefficient (Wildman–Crippen LogP) is 0.999. The number of alkyl carbamates (subject to hydrolysis) is 1. The van der Waals surface area contributed by atoms with E-state index in [1.165, 1.54) is 7.11 Å². The molecule has 6 nitrogen and oxygen atoms in total. The predicted molar refractivity (Wildman–Crippen MR) is 57.3 cm³/mol. The number of amides is 1. The molecule has 94 valence electrons. The highest BCUT2D eigenvalue weighted by Gasteiger charge is 2.28. The van der Waals surface area contributed by atoms with Crippen LogP contribution in [0.15, 0.2) is 0 Å². The first-order valence-electron chi connectivity index (χ1n) is 4.92. The Morgan fingerprint density at radius 3 is 2.12 bits per heavy atom. The van der Waals surface area contributed by atoms with Gasteiger partial charge in [-0.1, -0.05) is 0 Å². The van der Waals surface area contributed by atoms with Gasteiger partial charge in [-0.25, -0.2) is 9.59 Å². The van der Waals surface area contributed by atoms with Crippen LogP contribution in [-0.2, 0) is 14.3 Å². The average molecular weight is 233 g/mol. The van der Waals surface area contributed by atoms with Crippen molar-refractivity contribution in [1.82, 2.24) is 5.32 Å². The number of rotatable bonds is 4. The maximum absolute atomic E-state index is 11.3. The van der Waals surface area contributed by atoms with Gasteiger partial charge in [-0.2, -0.15) is 0 Å². The van der Waals surface area contributed by atoms with E-state index in [1.807, 2.05) is 0 Å².